The van der Waals surface area contributed by atoms with Gasteiger partial charge in [-0.05, 0) is 54.8 Å². The van der Waals surface area contributed by atoms with E-state index in [1.165, 1.54) is 24.3 Å². The Kier molecular flexibility index (Phi) is 5.27. The second-order valence-electron chi connectivity index (χ2n) is 6.50. The molecule has 3 rings (SSSR count). The Morgan fingerprint density at radius 2 is 1.75 bits per heavy atom. The van der Waals surface area contributed by atoms with E-state index >= 15 is 0 Å². The topological polar surface area (TPSA) is 48.0 Å². The minimum Gasteiger partial charge on any atom is -0.366 e. The first kappa shape index (κ1) is 19.7. The van der Waals surface area contributed by atoms with Crippen LogP contribution in [0.2, 0.25) is 0 Å². The van der Waals surface area contributed by atoms with Crippen LogP contribution >= 0.6 is 0 Å². The van der Waals surface area contributed by atoms with Gasteiger partial charge in [-0.2, -0.15) is 13.2 Å². The van der Waals surface area contributed by atoms with E-state index in [9.17, 15) is 22.4 Å². The number of aryl methyl sites for hydroxylation is 1. The summed E-state index contributed by atoms with van der Waals surface area (Å²) in [6.07, 6.45) is -3.94. The number of alkyl halides is 3. The lowest BCUT2D eigenvalue weighted by Crippen LogP contribution is -2.13. The van der Waals surface area contributed by atoms with Crippen LogP contribution in [0, 0.1) is 12.7 Å². The molecule has 2 N–H and O–H groups in total. The van der Waals surface area contributed by atoms with Crippen molar-refractivity contribution in [3.05, 3.63) is 82.8 Å². The highest BCUT2D eigenvalue weighted by Gasteiger charge is 2.30. The molecule has 0 fully saturated rings. The lowest BCUT2D eigenvalue weighted by atomic mass is 10.1. The third kappa shape index (κ3) is 4.08. The Hall–Kier alpha value is -3.09. The summed E-state index contributed by atoms with van der Waals surface area (Å²) in [6, 6.07) is 12.5. The summed E-state index contributed by atoms with van der Waals surface area (Å²) in [5.74, 6) is -0.960. The number of rotatable bonds is 5. The molecular weight excluding hydrogens is 372 g/mol. The molecule has 0 aliphatic rings. The molecule has 1 aromatic heterocycles. The van der Waals surface area contributed by atoms with Gasteiger partial charge < -0.3 is 10.3 Å². The van der Waals surface area contributed by atoms with E-state index in [1.807, 2.05) is 4.57 Å². The predicted molar refractivity (Wildman–Crippen MR) is 98.2 cm³/mol. The van der Waals surface area contributed by atoms with Gasteiger partial charge in [0.25, 0.3) is 5.91 Å². The van der Waals surface area contributed by atoms with Crippen molar-refractivity contribution in [1.82, 2.24) is 4.57 Å². The Bertz CT molecular complexity index is 1000. The number of hydrogen-bond donors (Lipinski definition) is 1. The largest absolute Gasteiger partial charge is 0.416 e. The standard InChI is InChI=1S/C21H18F4N2O/c1-13-18(20(26)28)12-19(15-5-7-16(8-6-15)21(23,24)25)27(13)10-9-14-3-2-4-17(22)11-14/h2-8,11-12H,9-10H2,1H3,(H2,26,28). The SMILES string of the molecule is Cc1c(C(N)=O)cc(-c2ccc(C(F)(F)F)cc2)n1CCc1cccc(F)c1. The van der Waals surface area contributed by atoms with Crippen molar-refractivity contribution < 1.29 is 22.4 Å². The molecule has 1 amide bonds. The van der Waals surface area contributed by atoms with Gasteiger partial charge in [-0.15, -0.1) is 0 Å². The van der Waals surface area contributed by atoms with Crippen LogP contribution < -0.4 is 5.73 Å². The molecule has 0 saturated heterocycles. The lowest BCUT2D eigenvalue weighted by Gasteiger charge is -2.13. The molecule has 0 unspecified atom stereocenters. The van der Waals surface area contributed by atoms with Crippen LogP contribution in [-0.4, -0.2) is 10.5 Å². The number of carbonyl (C=O) groups is 1. The molecule has 2 aromatic carbocycles. The number of hydrogen-bond acceptors (Lipinski definition) is 1. The number of halogens is 4. The smallest absolute Gasteiger partial charge is 0.366 e. The average Bonchev–Trinajstić information content (AvgIpc) is 2.96. The van der Waals surface area contributed by atoms with Crippen LogP contribution in [0.5, 0.6) is 0 Å². The summed E-state index contributed by atoms with van der Waals surface area (Å²) in [7, 11) is 0. The monoisotopic (exact) mass is 390 g/mol. The van der Waals surface area contributed by atoms with Crippen molar-refractivity contribution >= 4 is 5.91 Å². The first-order valence-corrected chi connectivity index (χ1v) is 8.59. The van der Waals surface area contributed by atoms with Gasteiger partial charge in [0.05, 0.1) is 11.1 Å². The molecule has 0 saturated carbocycles. The van der Waals surface area contributed by atoms with Crippen molar-refractivity contribution in [3.63, 3.8) is 0 Å². The summed E-state index contributed by atoms with van der Waals surface area (Å²) in [5, 5.41) is 0. The van der Waals surface area contributed by atoms with Crippen LogP contribution in [0.15, 0.2) is 54.6 Å². The Labute approximate surface area is 159 Å². The average molecular weight is 390 g/mol. The molecule has 28 heavy (non-hydrogen) atoms. The maximum atomic E-state index is 13.4. The van der Waals surface area contributed by atoms with Gasteiger partial charge in [-0.25, -0.2) is 4.39 Å². The molecule has 3 nitrogen and oxygen atoms in total. The molecule has 0 aliphatic heterocycles. The summed E-state index contributed by atoms with van der Waals surface area (Å²) in [6.45, 7) is 2.14. The van der Waals surface area contributed by atoms with Gasteiger partial charge in [-0.1, -0.05) is 24.3 Å². The first-order valence-electron chi connectivity index (χ1n) is 8.59. The van der Waals surface area contributed by atoms with Crippen molar-refractivity contribution in [2.24, 2.45) is 5.73 Å². The minimum absolute atomic E-state index is 0.300. The molecule has 0 radical (unpaired) electrons. The van der Waals surface area contributed by atoms with Gasteiger partial charge in [0.2, 0.25) is 0 Å². The van der Waals surface area contributed by atoms with E-state index in [2.05, 4.69) is 0 Å². The van der Waals surface area contributed by atoms with Crippen molar-refractivity contribution in [3.8, 4) is 11.3 Å². The molecule has 7 heteroatoms. The minimum atomic E-state index is -4.42. The molecule has 3 aromatic rings. The van der Waals surface area contributed by atoms with Crippen LogP contribution in [0.25, 0.3) is 11.3 Å². The van der Waals surface area contributed by atoms with E-state index in [4.69, 9.17) is 5.73 Å². The maximum absolute atomic E-state index is 13.4. The van der Waals surface area contributed by atoms with Gasteiger partial charge in [-0.3, -0.25) is 4.79 Å². The number of amides is 1. The molecule has 0 bridgehead atoms. The fourth-order valence-electron chi connectivity index (χ4n) is 3.19. The van der Waals surface area contributed by atoms with E-state index < -0.39 is 17.6 Å². The van der Waals surface area contributed by atoms with Crippen molar-refractivity contribution in [2.45, 2.75) is 26.1 Å². The number of benzene rings is 2. The van der Waals surface area contributed by atoms with Gasteiger partial charge in [0.1, 0.15) is 5.82 Å². The van der Waals surface area contributed by atoms with Gasteiger partial charge in [0, 0.05) is 17.9 Å². The zero-order valence-corrected chi connectivity index (χ0v) is 15.1. The zero-order chi connectivity index (χ0) is 20.5. The number of carbonyl (C=O) groups excluding carboxylic acids is 1. The first-order chi connectivity index (χ1) is 13.2. The highest BCUT2D eigenvalue weighted by molar-refractivity contribution is 5.95. The predicted octanol–water partition coefficient (Wildman–Crippen LogP) is 4.96. The number of primary amides is 1. The Morgan fingerprint density at radius 1 is 1.07 bits per heavy atom. The quantitative estimate of drug-likeness (QED) is 0.615. The molecule has 0 atom stereocenters. The van der Waals surface area contributed by atoms with E-state index in [0.717, 1.165) is 17.7 Å². The molecule has 0 spiro atoms. The summed E-state index contributed by atoms with van der Waals surface area (Å²) in [4.78, 5) is 11.7. The van der Waals surface area contributed by atoms with E-state index in [-0.39, 0.29) is 5.82 Å². The van der Waals surface area contributed by atoms with Crippen LogP contribution in [0.4, 0.5) is 17.6 Å². The number of aromatic nitrogens is 1. The molecule has 146 valence electrons. The molecule has 0 aliphatic carbocycles. The third-order valence-electron chi connectivity index (χ3n) is 4.65. The van der Waals surface area contributed by atoms with E-state index in [1.54, 1.807) is 25.1 Å². The molecular formula is C21H18F4N2O. The lowest BCUT2D eigenvalue weighted by molar-refractivity contribution is -0.137. The Balaban J connectivity index is 1.98. The fourth-order valence-corrected chi connectivity index (χ4v) is 3.19. The Morgan fingerprint density at radius 3 is 2.32 bits per heavy atom. The third-order valence-corrected chi connectivity index (χ3v) is 4.65. The zero-order valence-electron chi connectivity index (χ0n) is 15.1. The maximum Gasteiger partial charge on any atom is 0.416 e. The van der Waals surface area contributed by atoms with E-state index in [0.29, 0.717) is 35.5 Å². The van der Waals surface area contributed by atoms with Crippen LogP contribution in [0.1, 0.15) is 27.2 Å². The van der Waals surface area contributed by atoms with Gasteiger partial charge >= 0.3 is 6.18 Å². The summed E-state index contributed by atoms with van der Waals surface area (Å²) in [5.41, 5.74) is 7.47. The second-order valence-corrected chi connectivity index (χ2v) is 6.50. The number of nitrogens with zero attached hydrogens (tertiary/aromatic N) is 1. The van der Waals surface area contributed by atoms with Crippen LogP contribution in [-0.2, 0) is 19.1 Å². The van der Waals surface area contributed by atoms with Gasteiger partial charge in [0.15, 0.2) is 0 Å². The van der Waals surface area contributed by atoms with Crippen molar-refractivity contribution in [1.29, 1.82) is 0 Å². The second kappa shape index (κ2) is 7.50. The van der Waals surface area contributed by atoms with Crippen LogP contribution in [0.3, 0.4) is 0 Å². The number of nitrogens with two attached hydrogens (primary N) is 1. The summed E-state index contributed by atoms with van der Waals surface area (Å²) < 4.78 is 53.7. The summed E-state index contributed by atoms with van der Waals surface area (Å²) >= 11 is 0. The normalized spacial score (nSPS) is 11.6. The highest BCUT2D eigenvalue weighted by Crippen LogP contribution is 2.32. The fraction of sp³-hybridized carbons (Fsp3) is 0.190. The van der Waals surface area contributed by atoms with Crippen molar-refractivity contribution in [2.75, 3.05) is 0 Å². The highest BCUT2D eigenvalue weighted by atomic mass is 19.4. The molecule has 1 heterocycles.